The number of nitro groups is 1. The molecule has 1 fully saturated rings. The third kappa shape index (κ3) is 7.28. The number of carbonyl (C=O) groups excluding carboxylic acids is 2. The molecule has 182 valence electrons. The highest BCUT2D eigenvalue weighted by Crippen LogP contribution is 2.21. The number of nitrogens with zero attached hydrogens (tertiary/aromatic N) is 2. The van der Waals surface area contributed by atoms with E-state index in [1.165, 1.54) is 36.0 Å². The summed E-state index contributed by atoms with van der Waals surface area (Å²) in [5, 5.41) is 13.9. The number of carbonyl (C=O) groups is 2. The van der Waals surface area contributed by atoms with Gasteiger partial charge in [-0.15, -0.1) is 11.8 Å². The standard InChI is InChI=1S/C25H30FN3O4S/c1-2-23(25(31)27-21-5-3-4-6-21)28(15-18-7-11-20(26)12-8-18)24(30)17-34-16-19-9-13-22(14-10-19)29(32)33/h7-14,21,23H,2-6,15-17H2,1H3,(H,27,31). The molecule has 1 aliphatic carbocycles. The minimum absolute atomic E-state index is 0.0226. The Morgan fingerprint density at radius 1 is 1.12 bits per heavy atom. The molecule has 2 aromatic rings. The third-order valence-electron chi connectivity index (χ3n) is 6.00. The number of hydrogen-bond donors (Lipinski definition) is 1. The highest BCUT2D eigenvalue weighted by Gasteiger charge is 2.30. The van der Waals surface area contributed by atoms with Gasteiger partial charge < -0.3 is 10.2 Å². The van der Waals surface area contributed by atoms with Crippen molar-refractivity contribution in [3.05, 3.63) is 75.6 Å². The Bertz CT molecular complexity index is 979. The second-order valence-corrected chi connectivity index (χ2v) is 9.46. The first-order chi connectivity index (χ1) is 16.4. The summed E-state index contributed by atoms with van der Waals surface area (Å²) in [5.74, 6) is -0.00825. The average Bonchev–Trinajstić information content (AvgIpc) is 3.33. The van der Waals surface area contributed by atoms with Crippen LogP contribution in [0.3, 0.4) is 0 Å². The zero-order valence-electron chi connectivity index (χ0n) is 19.2. The van der Waals surface area contributed by atoms with Crippen LogP contribution in [0.15, 0.2) is 48.5 Å². The summed E-state index contributed by atoms with van der Waals surface area (Å²) < 4.78 is 13.4. The molecule has 0 aliphatic heterocycles. The van der Waals surface area contributed by atoms with Crippen molar-refractivity contribution < 1.29 is 18.9 Å². The molecular weight excluding hydrogens is 457 g/mol. The molecule has 1 saturated carbocycles. The number of rotatable bonds is 11. The lowest BCUT2D eigenvalue weighted by molar-refractivity contribution is -0.384. The van der Waals surface area contributed by atoms with Gasteiger partial charge in [0.2, 0.25) is 11.8 Å². The van der Waals surface area contributed by atoms with Crippen LogP contribution in [0.25, 0.3) is 0 Å². The van der Waals surface area contributed by atoms with Gasteiger partial charge >= 0.3 is 0 Å². The highest BCUT2D eigenvalue weighted by atomic mass is 32.2. The van der Waals surface area contributed by atoms with Crippen LogP contribution < -0.4 is 5.32 Å². The Hall–Kier alpha value is -2.94. The monoisotopic (exact) mass is 487 g/mol. The third-order valence-corrected chi connectivity index (χ3v) is 6.98. The number of benzene rings is 2. The first kappa shape index (κ1) is 25.7. The smallest absolute Gasteiger partial charge is 0.269 e. The Morgan fingerprint density at radius 3 is 2.32 bits per heavy atom. The van der Waals surface area contributed by atoms with Gasteiger partial charge in [0.15, 0.2) is 0 Å². The molecule has 2 aromatic carbocycles. The quantitative estimate of drug-likeness (QED) is 0.362. The van der Waals surface area contributed by atoms with Crippen LogP contribution in [0.2, 0.25) is 0 Å². The summed E-state index contributed by atoms with van der Waals surface area (Å²) in [4.78, 5) is 38.3. The van der Waals surface area contributed by atoms with Crippen LogP contribution in [0.5, 0.6) is 0 Å². The number of hydrogen-bond acceptors (Lipinski definition) is 5. The number of non-ortho nitro benzene ring substituents is 1. The van der Waals surface area contributed by atoms with Gasteiger partial charge in [0.05, 0.1) is 10.7 Å². The summed E-state index contributed by atoms with van der Waals surface area (Å²) in [6.45, 7) is 2.10. The normalized spacial score (nSPS) is 14.5. The number of amides is 2. The van der Waals surface area contributed by atoms with Gasteiger partial charge in [0.25, 0.3) is 5.69 Å². The first-order valence-corrected chi connectivity index (χ1v) is 12.7. The number of thioether (sulfide) groups is 1. The number of nitrogens with one attached hydrogen (secondary N) is 1. The van der Waals surface area contributed by atoms with Crippen molar-refractivity contribution in [3.63, 3.8) is 0 Å². The number of nitro benzene ring substituents is 1. The van der Waals surface area contributed by atoms with E-state index in [1.807, 2.05) is 6.92 Å². The van der Waals surface area contributed by atoms with Crippen molar-refractivity contribution in [2.45, 2.75) is 63.4 Å². The van der Waals surface area contributed by atoms with Crippen LogP contribution in [0.1, 0.15) is 50.2 Å². The molecule has 0 bridgehead atoms. The van der Waals surface area contributed by atoms with Crippen molar-refractivity contribution in [1.82, 2.24) is 10.2 Å². The predicted molar refractivity (Wildman–Crippen MR) is 131 cm³/mol. The van der Waals surface area contributed by atoms with Crippen LogP contribution in [0, 0.1) is 15.9 Å². The maximum absolute atomic E-state index is 13.4. The van der Waals surface area contributed by atoms with E-state index >= 15 is 0 Å². The van der Waals surface area contributed by atoms with Crippen molar-refractivity contribution in [3.8, 4) is 0 Å². The topological polar surface area (TPSA) is 92.6 Å². The Labute approximate surface area is 203 Å². The molecule has 0 radical (unpaired) electrons. The highest BCUT2D eigenvalue weighted by molar-refractivity contribution is 7.99. The molecular formula is C25H30FN3O4S. The maximum Gasteiger partial charge on any atom is 0.269 e. The average molecular weight is 488 g/mol. The van der Waals surface area contributed by atoms with Crippen molar-refractivity contribution in [2.75, 3.05) is 5.75 Å². The molecule has 9 heteroatoms. The zero-order valence-corrected chi connectivity index (χ0v) is 20.1. The molecule has 0 aromatic heterocycles. The van der Waals surface area contributed by atoms with Gasteiger partial charge in [0, 0.05) is 30.5 Å². The van der Waals surface area contributed by atoms with E-state index < -0.39 is 11.0 Å². The predicted octanol–water partition coefficient (Wildman–Crippen LogP) is 4.83. The lowest BCUT2D eigenvalue weighted by atomic mass is 10.1. The van der Waals surface area contributed by atoms with Gasteiger partial charge in [-0.05, 0) is 42.5 Å². The summed E-state index contributed by atoms with van der Waals surface area (Å²) >= 11 is 1.39. The largest absolute Gasteiger partial charge is 0.352 e. The van der Waals surface area contributed by atoms with Crippen molar-refractivity contribution in [2.24, 2.45) is 0 Å². The van der Waals surface area contributed by atoms with Gasteiger partial charge in [-0.25, -0.2) is 4.39 Å². The van der Waals surface area contributed by atoms with E-state index in [0.29, 0.717) is 12.2 Å². The Morgan fingerprint density at radius 2 is 1.74 bits per heavy atom. The maximum atomic E-state index is 13.4. The summed E-state index contributed by atoms with van der Waals surface area (Å²) in [6.07, 6.45) is 4.58. The first-order valence-electron chi connectivity index (χ1n) is 11.5. The summed E-state index contributed by atoms with van der Waals surface area (Å²) in [5.41, 5.74) is 1.65. The van der Waals surface area contributed by atoms with Crippen LogP contribution in [0.4, 0.5) is 10.1 Å². The fourth-order valence-electron chi connectivity index (χ4n) is 4.13. The summed E-state index contributed by atoms with van der Waals surface area (Å²) in [7, 11) is 0. The zero-order chi connectivity index (χ0) is 24.5. The second-order valence-electron chi connectivity index (χ2n) is 8.48. The molecule has 2 amide bonds. The molecule has 0 spiro atoms. The van der Waals surface area contributed by atoms with E-state index in [2.05, 4.69) is 5.32 Å². The molecule has 0 saturated heterocycles. The van der Waals surface area contributed by atoms with E-state index in [9.17, 15) is 24.1 Å². The van der Waals surface area contributed by atoms with E-state index in [0.717, 1.165) is 36.8 Å². The van der Waals surface area contributed by atoms with E-state index in [-0.39, 0.29) is 41.7 Å². The second kappa shape index (κ2) is 12.5. The fraction of sp³-hybridized carbons (Fsp3) is 0.440. The van der Waals surface area contributed by atoms with Gasteiger partial charge in [-0.2, -0.15) is 0 Å². The lowest BCUT2D eigenvalue weighted by Crippen LogP contribution is -2.51. The minimum Gasteiger partial charge on any atom is -0.352 e. The van der Waals surface area contributed by atoms with Crippen LogP contribution in [-0.4, -0.2) is 39.5 Å². The number of halogens is 1. The molecule has 0 heterocycles. The molecule has 1 unspecified atom stereocenters. The van der Waals surface area contributed by atoms with Crippen molar-refractivity contribution in [1.29, 1.82) is 0 Å². The lowest BCUT2D eigenvalue weighted by Gasteiger charge is -2.31. The van der Waals surface area contributed by atoms with Crippen LogP contribution in [-0.2, 0) is 21.9 Å². The molecule has 7 nitrogen and oxygen atoms in total. The molecule has 3 rings (SSSR count). The van der Waals surface area contributed by atoms with Gasteiger partial charge in [0.1, 0.15) is 11.9 Å². The minimum atomic E-state index is -0.613. The van der Waals surface area contributed by atoms with Gasteiger partial charge in [-0.3, -0.25) is 19.7 Å². The van der Waals surface area contributed by atoms with Crippen LogP contribution >= 0.6 is 11.8 Å². The van der Waals surface area contributed by atoms with Crippen molar-refractivity contribution >= 4 is 29.3 Å². The molecule has 1 aliphatic rings. The summed E-state index contributed by atoms with van der Waals surface area (Å²) in [6, 6.07) is 11.7. The van der Waals surface area contributed by atoms with E-state index in [1.54, 1.807) is 29.2 Å². The molecule has 1 atom stereocenters. The molecule has 1 N–H and O–H groups in total. The van der Waals surface area contributed by atoms with Gasteiger partial charge in [-0.1, -0.05) is 44.0 Å². The SMILES string of the molecule is CCC(C(=O)NC1CCCC1)N(Cc1ccc(F)cc1)C(=O)CSCc1ccc([N+](=O)[O-])cc1. The fourth-order valence-corrected chi connectivity index (χ4v) is 5.00. The molecule has 34 heavy (non-hydrogen) atoms. The Kier molecular flexibility index (Phi) is 9.44. The Balaban J connectivity index is 1.67. The van der Waals surface area contributed by atoms with E-state index in [4.69, 9.17) is 0 Å².